The third kappa shape index (κ3) is 5.61. The van der Waals surface area contributed by atoms with Gasteiger partial charge in [0.05, 0.1) is 45.2 Å². The molecule has 204 valence electrons. The van der Waals surface area contributed by atoms with Crippen LogP contribution in [-0.4, -0.2) is 86.3 Å². The number of morpholine rings is 1. The summed E-state index contributed by atoms with van der Waals surface area (Å²) in [6.45, 7) is 6.88. The van der Waals surface area contributed by atoms with Crippen LogP contribution in [0.5, 0.6) is 17.2 Å². The first-order chi connectivity index (χ1) is 18.2. The molecule has 0 aromatic heterocycles. The Morgan fingerprint density at radius 1 is 1.05 bits per heavy atom. The quantitative estimate of drug-likeness (QED) is 0.301. The van der Waals surface area contributed by atoms with E-state index < -0.39 is 29.3 Å². The fraction of sp³-hybridized carbons (Fsp3) is 0.429. The maximum Gasteiger partial charge on any atom is 0.295 e. The van der Waals surface area contributed by atoms with Crippen LogP contribution in [0.15, 0.2) is 42.0 Å². The standard InChI is InChI=1S/C28H33FN2O7/c1-17(2)38-23-7-5-18(15-21(23)29)26(32)24-25(20-16-19(35-3)6-8-22(20)36-4)31(28(34)27(24)33)10-9-30-11-13-37-14-12-30/h5-8,15-17,25,32H,9-14H2,1-4H3/b26-24-. The number of nitrogens with zero attached hydrogens (tertiary/aromatic N) is 2. The Hall–Kier alpha value is -3.63. The predicted molar refractivity (Wildman–Crippen MR) is 138 cm³/mol. The lowest BCUT2D eigenvalue weighted by Crippen LogP contribution is -2.42. The first-order valence-corrected chi connectivity index (χ1v) is 12.5. The van der Waals surface area contributed by atoms with E-state index in [4.69, 9.17) is 18.9 Å². The lowest BCUT2D eigenvalue weighted by molar-refractivity contribution is -0.140. The van der Waals surface area contributed by atoms with Crippen molar-refractivity contribution in [3.05, 3.63) is 58.9 Å². The lowest BCUT2D eigenvalue weighted by atomic mass is 9.94. The first-order valence-electron chi connectivity index (χ1n) is 12.5. The number of aliphatic hydroxyl groups excluding tert-OH is 1. The molecule has 0 radical (unpaired) electrons. The number of Topliss-reactive ketones (excluding diaryl/α,β-unsaturated/α-hetero) is 1. The van der Waals surface area contributed by atoms with Gasteiger partial charge in [0.1, 0.15) is 17.3 Å². The highest BCUT2D eigenvalue weighted by Gasteiger charge is 2.47. The number of carbonyl (C=O) groups is 2. The van der Waals surface area contributed by atoms with E-state index in [-0.39, 0.29) is 29.5 Å². The number of halogens is 1. The van der Waals surface area contributed by atoms with Gasteiger partial charge in [-0.25, -0.2) is 4.39 Å². The van der Waals surface area contributed by atoms with Crippen molar-refractivity contribution in [1.29, 1.82) is 0 Å². The lowest BCUT2D eigenvalue weighted by Gasteiger charge is -2.31. The summed E-state index contributed by atoms with van der Waals surface area (Å²) in [4.78, 5) is 30.3. The molecular formula is C28H33FN2O7. The molecule has 0 aliphatic carbocycles. The smallest absolute Gasteiger partial charge is 0.295 e. The Morgan fingerprint density at radius 3 is 2.39 bits per heavy atom. The molecule has 1 unspecified atom stereocenters. The minimum absolute atomic E-state index is 0.0218. The molecule has 0 saturated carbocycles. The molecule has 2 heterocycles. The van der Waals surface area contributed by atoms with Crippen LogP contribution >= 0.6 is 0 Å². The summed E-state index contributed by atoms with van der Waals surface area (Å²) in [6, 6.07) is 8.00. The maximum atomic E-state index is 14.8. The molecule has 2 fully saturated rings. The minimum Gasteiger partial charge on any atom is -0.507 e. The third-order valence-corrected chi connectivity index (χ3v) is 6.60. The molecule has 1 N–H and O–H groups in total. The molecule has 4 rings (SSSR count). The zero-order valence-electron chi connectivity index (χ0n) is 22.0. The van der Waals surface area contributed by atoms with Crippen molar-refractivity contribution < 1.29 is 38.0 Å². The van der Waals surface area contributed by atoms with Gasteiger partial charge in [-0.2, -0.15) is 0 Å². The SMILES string of the molecule is COc1ccc(OC)c(C2/C(=C(/O)c3ccc(OC(C)C)c(F)c3)C(=O)C(=O)N2CCN2CCOCC2)c1. The number of ketones is 1. The van der Waals surface area contributed by atoms with Crippen molar-refractivity contribution in [3.63, 3.8) is 0 Å². The number of ether oxygens (including phenoxy) is 4. The fourth-order valence-corrected chi connectivity index (χ4v) is 4.71. The predicted octanol–water partition coefficient (Wildman–Crippen LogP) is 3.38. The van der Waals surface area contributed by atoms with Crippen LogP contribution in [0.4, 0.5) is 4.39 Å². The van der Waals surface area contributed by atoms with E-state index in [1.807, 2.05) is 0 Å². The molecule has 10 heteroatoms. The van der Waals surface area contributed by atoms with E-state index in [1.54, 1.807) is 32.0 Å². The average Bonchev–Trinajstić information content (AvgIpc) is 3.17. The summed E-state index contributed by atoms with van der Waals surface area (Å²) in [7, 11) is 2.98. The number of aliphatic hydroxyl groups is 1. The van der Waals surface area contributed by atoms with Gasteiger partial charge in [0.15, 0.2) is 11.6 Å². The number of likely N-dealkylation sites (tertiary alicyclic amines) is 1. The Morgan fingerprint density at radius 2 is 1.76 bits per heavy atom. The Bertz CT molecular complexity index is 1220. The van der Waals surface area contributed by atoms with E-state index in [0.29, 0.717) is 49.9 Å². The number of rotatable bonds is 9. The monoisotopic (exact) mass is 528 g/mol. The molecular weight excluding hydrogens is 495 g/mol. The zero-order valence-corrected chi connectivity index (χ0v) is 22.0. The van der Waals surface area contributed by atoms with Gasteiger partial charge < -0.3 is 29.0 Å². The summed E-state index contributed by atoms with van der Waals surface area (Å²) in [5.41, 5.74) is 0.368. The molecule has 2 aromatic carbocycles. The minimum atomic E-state index is -0.976. The normalized spacial score (nSPS) is 19.7. The number of hydrogen-bond donors (Lipinski definition) is 1. The number of hydrogen-bond acceptors (Lipinski definition) is 8. The second kappa shape index (κ2) is 11.8. The summed E-state index contributed by atoms with van der Waals surface area (Å²) in [5.74, 6) is -1.87. The zero-order chi connectivity index (χ0) is 27.4. The van der Waals surface area contributed by atoms with Crippen LogP contribution in [0.25, 0.3) is 5.76 Å². The van der Waals surface area contributed by atoms with Gasteiger partial charge in [0, 0.05) is 37.3 Å². The van der Waals surface area contributed by atoms with Crippen LogP contribution < -0.4 is 14.2 Å². The van der Waals surface area contributed by atoms with E-state index in [0.717, 1.165) is 6.07 Å². The number of carbonyl (C=O) groups excluding carboxylic acids is 2. The van der Waals surface area contributed by atoms with Gasteiger partial charge in [-0.3, -0.25) is 14.5 Å². The second-order valence-electron chi connectivity index (χ2n) is 9.37. The Balaban J connectivity index is 1.81. The summed E-state index contributed by atoms with van der Waals surface area (Å²) in [5, 5.41) is 11.3. The first kappa shape index (κ1) is 27.4. The van der Waals surface area contributed by atoms with Crippen molar-refractivity contribution in [2.45, 2.75) is 26.0 Å². The van der Waals surface area contributed by atoms with Crippen LogP contribution in [0.3, 0.4) is 0 Å². The molecule has 2 aliphatic rings. The highest BCUT2D eigenvalue weighted by atomic mass is 19.1. The van der Waals surface area contributed by atoms with Gasteiger partial charge in [-0.1, -0.05) is 0 Å². The topological polar surface area (TPSA) is 97.8 Å². The van der Waals surface area contributed by atoms with Crippen LogP contribution in [0.1, 0.15) is 31.0 Å². The van der Waals surface area contributed by atoms with Gasteiger partial charge in [0.2, 0.25) is 0 Å². The second-order valence-corrected chi connectivity index (χ2v) is 9.37. The molecule has 1 atom stereocenters. The molecule has 2 saturated heterocycles. The van der Waals surface area contributed by atoms with E-state index >= 15 is 0 Å². The highest BCUT2D eigenvalue weighted by molar-refractivity contribution is 6.46. The van der Waals surface area contributed by atoms with E-state index in [1.165, 1.54) is 31.3 Å². The molecule has 2 aromatic rings. The summed E-state index contributed by atoms with van der Waals surface area (Å²) >= 11 is 0. The highest BCUT2D eigenvalue weighted by Crippen LogP contribution is 2.44. The molecule has 1 amide bonds. The fourth-order valence-electron chi connectivity index (χ4n) is 4.71. The van der Waals surface area contributed by atoms with Crippen molar-refractivity contribution in [2.75, 3.05) is 53.6 Å². The molecule has 2 aliphatic heterocycles. The summed E-state index contributed by atoms with van der Waals surface area (Å²) in [6.07, 6.45) is -0.249. The van der Waals surface area contributed by atoms with Crippen molar-refractivity contribution in [2.24, 2.45) is 0 Å². The molecule has 38 heavy (non-hydrogen) atoms. The Kier molecular flexibility index (Phi) is 8.53. The van der Waals surface area contributed by atoms with E-state index in [9.17, 15) is 19.1 Å². The molecule has 0 spiro atoms. The van der Waals surface area contributed by atoms with Gasteiger partial charge in [-0.05, 0) is 50.2 Å². The molecule has 9 nitrogen and oxygen atoms in total. The van der Waals surface area contributed by atoms with Gasteiger partial charge in [0.25, 0.3) is 11.7 Å². The van der Waals surface area contributed by atoms with Gasteiger partial charge in [-0.15, -0.1) is 0 Å². The van der Waals surface area contributed by atoms with Crippen molar-refractivity contribution >= 4 is 17.4 Å². The average molecular weight is 529 g/mol. The maximum absolute atomic E-state index is 14.8. The number of amides is 1. The number of benzene rings is 2. The van der Waals surface area contributed by atoms with Crippen LogP contribution in [0.2, 0.25) is 0 Å². The third-order valence-electron chi connectivity index (χ3n) is 6.60. The van der Waals surface area contributed by atoms with Crippen LogP contribution in [-0.2, 0) is 14.3 Å². The van der Waals surface area contributed by atoms with Crippen molar-refractivity contribution in [3.8, 4) is 17.2 Å². The van der Waals surface area contributed by atoms with E-state index in [2.05, 4.69) is 4.90 Å². The van der Waals surface area contributed by atoms with Gasteiger partial charge >= 0.3 is 0 Å². The molecule has 0 bridgehead atoms. The van der Waals surface area contributed by atoms with Crippen LogP contribution in [0, 0.1) is 5.82 Å². The summed E-state index contributed by atoms with van der Waals surface area (Å²) < 4.78 is 36.6. The van der Waals surface area contributed by atoms with Crippen molar-refractivity contribution in [1.82, 2.24) is 9.80 Å². The largest absolute Gasteiger partial charge is 0.507 e. The Labute approximate surface area is 221 Å². The number of methoxy groups -OCH3 is 2.